The Morgan fingerprint density at radius 2 is 2.00 bits per heavy atom. The van der Waals surface area contributed by atoms with Gasteiger partial charge in [0.25, 0.3) is 5.91 Å². The molecule has 1 aliphatic carbocycles. The zero-order chi connectivity index (χ0) is 14.7. The number of amidine groups is 1. The van der Waals surface area contributed by atoms with Gasteiger partial charge in [-0.25, -0.2) is 0 Å². The Kier molecular flexibility index (Phi) is 4.63. The molecule has 0 aromatic rings. The van der Waals surface area contributed by atoms with Crippen molar-refractivity contribution in [2.24, 2.45) is 10.9 Å². The van der Waals surface area contributed by atoms with Crippen molar-refractivity contribution in [3.05, 3.63) is 0 Å². The molecule has 21 heavy (non-hydrogen) atoms. The number of hydrogen-bond acceptors (Lipinski definition) is 3. The quantitative estimate of drug-likeness (QED) is 0.846. The lowest BCUT2D eigenvalue weighted by atomic mass is 9.95. The number of amides is 1. The van der Waals surface area contributed by atoms with Gasteiger partial charge in [-0.1, -0.05) is 26.2 Å². The third-order valence-electron chi connectivity index (χ3n) is 5.38. The van der Waals surface area contributed by atoms with Gasteiger partial charge in [-0.15, -0.1) is 0 Å². The molecule has 0 aromatic heterocycles. The van der Waals surface area contributed by atoms with Crippen LogP contribution in [-0.2, 0) is 4.79 Å². The molecule has 0 radical (unpaired) electrons. The van der Waals surface area contributed by atoms with Gasteiger partial charge in [-0.2, -0.15) is 0 Å². The molecular weight excluding hydrogens is 262 g/mol. The van der Waals surface area contributed by atoms with E-state index < -0.39 is 0 Å². The van der Waals surface area contributed by atoms with E-state index in [2.05, 4.69) is 17.1 Å². The Morgan fingerprint density at radius 3 is 2.67 bits per heavy atom. The number of unbranched alkanes of at least 4 members (excludes halogenated alkanes) is 1. The topological polar surface area (TPSA) is 44.7 Å². The lowest BCUT2D eigenvalue weighted by Crippen LogP contribution is -2.44. The maximum absolute atomic E-state index is 13.0. The highest BCUT2D eigenvalue weighted by atomic mass is 16.2. The Morgan fingerprint density at radius 1 is 1.29 bits per heavy atom. The van der Waals surface area contributed by atoms with Crippen LogP contribution in [0, 0.1) is 5.92 Å². The number of nitrogens with one attached hydrogen (secondary N) is 1. The molecule has 118 valence electrons. The van der Waals surface area contributed by atoms with Crippen LogP contribution in [-0.4, -0.2) is 41.8 Å². The second-order valence-corrected chi connectivity index (χ2v) is 6.98. The van der Waals surface area contributed by atoms with E-state index >= 15 is 0 Å². The fourth-order valence-corrected chi connectivity index (χ4v) is 4.05. The fourth-order valence-electron chi connectivity index (χ4n) is 4.05. The van der Waals surface area contributed by atoms with Crippen molar-refractivity contribution < 1.29 is 4.79 Å². The third-order valence-corrected chi connectivity index (χ3v) is 5.38. The summed E-state index contributed by atoms with van der Waals surface area (Å²) >= 11 is 0. The van der Waals surface area contributed by atoms with Gasteiger partial charge in [0, 0.05) is 13.0 Å². The predicted molar refractivity (Wildman–Crippen MR) is 85.5 cm³/mol. The second-order valence-electron chi connectivity index (χ2n) is 6.98. The van der Waals surface area contributed by atoms with E-state index in [1.54, 1.807) is 0 Å². The summed E-state index contributed by atoms with van der Waals surface area (Å²) in [5, 5.41) is 3.41. The Hall–Kier alpha value is -0.900. The molecule has 1 saturated heterocycles. The molecule has 3 rings (SSSR count). The van der Waals surface area contributed by atoms with Crippen LogP contribution in [0.2, 0.25) is 0 Å². The number of rotatable bonds is 5. The van der Waals surface area contributed by atoms with Crippen molar-refractivity contribution in [1.82, 2.24) is 10.2 Å². The van der Waals surface area contributed by atoms with Gasteiger partial charge in [0.05, 0.1) is 0 Å². The van der Waals surface area contributed by atoms with Crippen LogP contribution in [0.4, 0.5) is 0 Å². The van der Waals surface area contributed by atoms with Gasteiger partial charge in [-0.3, -0.25) is 14.7 Å². The summed E-state index contributed by atoms with van der Waals surface area (Å²) in [7, 11) is 0. The van der Waals surface area contributed by atoms with E-state index in [-0.39, 0.29) is 5.54 Å². The Bertz CT molecular complexity index is 406. The summed E-state index contributed by atoms with van der Waals surface area (Å²) in [6.07, 6.45) is 9.96. The molecule has 1 spiro atoms. The van der Waals surface area contributed by atoms with Crippen molar-refractivity contribution >= 4 is 11.7 Å². The maximum atomic E-state index is 13.0. The SMILES string of the molecule is CCCCC1=NC2(CCCC2)C(=O)N1CC1CCNCC1. The van der Waals surface area contributed by atoms with Crippen molar-refractivity contribution in [1.29, 1.82) is 0 Å². The fraction of sp³-hybridized carbons (Fsp3) is 0.882. The highest BCUT2D eigenvalue weighted by molar-refractivity contribution is 6.08. The summed E-state index contributed by atoms with van der Waals surface area (Å²) in [5.74, 6) is 2.07. The molecule has 4 nitrogen and oxygen atoms in total. The van der Waals surface area contributed by atoms with Gasteiger partial charge in [0.2, 0.25) is 0 Å². The zero-order valence-corrected chi connectivity index (χ0v) is 13.4. The molecule has 0 atom stereocenters. The highest BCUT2D eigenvalue weighted by Gasteiger charge is 2.49. The maximum Gasteiger partial charge on any atom is 0.255 e. The molecule has 2 aliphatic heterocycles. The molecular formula is C17H29N3O. The molecule has 1 saturated carbocycles. The average Bonchev–Trinajstić information content (AvgIpc) is 3.08. The zero-order valence-electron chi connectivity index (χ0n) is 13.4. The van der Waals surface area contributed by atoms with Crippen molar-refractivity contribution in [2.45, 2.75) is 70.3 Å². The first kappa shape index (κ1) is 15.0. The van der Waals surface area contributed by atoms with Crippen LogP contribution in [0.15, 0.2) is 4.99 Å². The largest absolute Gasteiger partial charge is 0.317 e. The molecule has 3 aliphatic rings. The van der Waals surface area contributed by atoms with E-state index in [4.69, 9.17) is 4.99 Å². The summed E-state index contributed by atoms with van der Waals surface area (Å²) in [4.78, 5) is 20.0. The monoisotopic (exact) mass is 291 g/mol. The summed E-state index contributed by atoms with van der Waals surface area (Å²) in [6, 6.07) is 0. The van der Waals surface area contributed by atoms with Gasteiger partial charge < -0.3 is 5.32 Å². The van der Waals surface area contributed by atoms with Crippen LogP contribution < -0.4 is 5.32 Å². The molecule has 2 heterocycles. The molecule has 0 unspecified atom stereocenters. The van der Waals surface area contributed by atoms with Gasteiger partial charge in [0.15, 0.2) is 0 Å². The smallest absolute Gasteiger partial charge is 0.255 e. The third kappa shape index (κ3) is 3.01. The molecule has 0 bridgehead atoms. The molecule has 1 N–H and O–H groups in total. The van der Waals surface area contributed by atoms with Crippen molar-refractivity contribution in [2.75, 3.05) is 19.6 Å². The first-order chi connectivity index (χ1) is 10.2. The van der Waals surface area contributed by atoms with E-state index in [0.717, 1.165) is 64.0 Å². The molecule has 0 aromatic carbocycles. The van der Waals surface area contributed by atoms with E-state index in [1.807, 2.05) is 0 Å². The van der Waals surface area contributed by atoms with Crippen molar-refractivity contribution in [3.8, 4) is 0 Å². The molecule has 2 fully saturated rings. The number of piperidine rings is 1. The summed E-state index contributed by atoms with van der Waals surface area (Å²) < 4.78 is 0. The van der Waals surface area contributed by atoms with Crippen LogP contribution in [0.3, 0.4) is 0 Å². The van der Waals surface area contributed by atoms with E-state index in [9.17, 15) is 4.79 Å². The summed E-state index contributed by atoms with van der Waals surface area (Å²) in [6.45, 7) is 5.31. The normalized spacial score (nSPS) is 25.9. The first-order valence-corrected chi connectivity index (χ1v) is 8.86. The number of hydrogen-bond donors (Lipinski definition) is 1. The minimum atomic E-state index is -0.351. The minimum absolute atomic E-state index is 0.324. The highest BCUT2D eigenvalue weighted by Crippen LogP contribution is 2.40. The van der Waals surface area contributed by atoms with Crippen molar-refractivity contribution in [3.63, 3.8) is 0 Å². The minimum Gasteiger partial charge on any atom is -0.317 e. The lowest BCUT2D eigenvalue weighted by molar-refractivity contribution is -0.131. The second kappa shape index (κ2) is 6.47. The van der Waals surface area contributed by atoms with Crippen LogP contribution in [0.25, 0.3) is 0 Å². The van der Waals surface area contributed by atoms with E-state index in [1.165, 1.54) is 19.3 Å². The van der Waals surface area contributed by atoms with Crippen LogP contribution in [0.5, 0.6) is 0 Å². The first-order valence-electron chi connectivity index (χ1n) is 8.86. The van der Waals surface area contributed by atoms with Crippen LogP contribution in [0.1, 0.15) is 64.7 Å². The summed E-state index contributed by atoms with van der Waals surface area (Å²) in [5.41, 5.74) is -0.351. The Labute approximate surface area is 128 Å². The number of aliphatic imine (C=N–C) groups is 1. The van der Waals surface area contributed by atoms with Gasteiger partial charge in [0.1, 0.15) is 11.4 Å². The number of carbonyl (C=O) groups is 1. The molecule has 1 amide bonds. The Balaban J connectivity index is 1.72. The number of carbonyl (C=O) groups excluding carboxylic acids is 1. The van der Waals surface area contributed by atoms with Crippen LogP contribution >= 0.6 is 0 Å². The van der Waals surface area contributed by atoms with E-state index in [0.29, 0.717) is 11.8 Å². The average molecular weight is 291 g/mol. The van der Waals surface area contributed by atoms with Gasteiger partial charge >= 0.3 is 0 Å². The standard InChI is InChI=1S/C17H29N3O/c1-2-3-6-15-19-17(9-4-5-10-17)16(21)20(15)13-14-7-11-18-12-8-14/h14,18H,2-13H2,1H3. The molecule has 4 heteroatoms. The number of nitrogens with zero attached hydrogens (tertiary/aromatic N) is 2. The van der Waals surface area contributed by atoms with Gasteiger partial charge in [-0.05, 0) is 51.1 Å². The lowest BCUT2D eigenvalue weighted by Gasteiger charge is -2.29. The predicted octanol–water partition coefficient (Wildman–Crippen LogP) is 2.73.